The number of carbonyl (C=O) groups is 2. The standard InChI is InChI=1S/C29H23NO2/c1-4-5-17-30(18(2)3)29(32)27-26-22-16-10-14-19-13-9-15-21(23(19)22)25(26)24(28(27)31)20-11-7-6-8-12-20/h1,6-16,18H,5,17H2,2-3H3. The van der Waals surface area contributed by atoms with Crippen molar-refractivity contribution in [3.63, 3.8) is 0 Å². The molecular formula is C29H23NO2. The van der Waals surface area contributed by atoms with Crippen LogP contribution >= 0.6 is 0 Å². The van der Waals surface area contributed by atoms with Gasteiger partial charge in [-0.05, 0) is 41.3 Å². The Labute approximate surface area is 188 Å². The molecule has 2 aliphatic rings. The Morgan fingerprint density at radius 3 is 2.19 bits per heavy atom. The second-order valence-electron chi connectivity index (χ2n) is 8.45. The first-order valence-corrected chi connectivity index (χ1v) is 10.9. The van der Waals surface area contributed by atoms with E-state index in [2.05, 4.69) is 24.1 Å². The van der Waals surface area contributed by atoms with Crippen LogP contribution in [0.3, 0.4) is 0 Å². The zero-order valence-electron chi connectivity index (χ0n) is 18.2. The van der Waals surface area contributed by atoms with Gasteiger partial charge in [-0.1, -0.05) is 66.7 Å². The fourth-order valence-corrected chi connectivity index (χ4v) is 4.91. The molecule has 0 atom stereocenters. The van der Waals surface area contributed by atoms with Crippen molar-refractivity contribution in [1.29, 1.82) is 0 Å². The minimum Gasteiger partial charge on any atom is -0.335 e. The van der Waals surface area contributed by atoms with Crippen molar-refractivity contribution in [2.75, 3.05) is 6.54 Å². The fraction of sp³-hybridized carbons (Fsp3) is 0.172. The Hall–Kier alpha value is -3.90. The molecule has 2 aliphatic carbocycles. The van der Waals surface area contributed by atoms with E-state index in [0.717, 1.165) is 38.6 Å². The van der Waals surface area contributed by atoms with Gasteiger partial charge >= 0.3 is 0 Å². The molecule has 0 radical (unpaired) electrons. The number of nitrogens with zero attached hydrogens (tertiary/aromatic N) is 1. The van der Waals surface area contributed by atoms with Crippen molar-refractivity contribution in [2.45, 2.75) is 26.3 Å². The summed E-state index contributed by atoms with van der Waals surface area (Å²) in [6, 6.07) is 21.8. The third kappa shape index (κ3) is 2.84. The van der Waals surface area contributed by atoms with Gasteiger partial charge in [0.05, 0.1) is 5.57 Å². The van der Waals surface area contributed by atoms with E-state index in [9.17, 15) is 9.59 Å². The Bertz CT molecular complexity index is 1380. The van der Waals surface area contributed by atoms with Crippen molar-refractivity contribution in [1.82, 2.24) is 4.90 Å². The Balaban J connectivity index is 1.79. The highest BCUT2D eigenvalue weighted by atomic mass is 16.2. The zero-order valence-corrected chi connectivity index (χ0v) is 18.2. The number of ketones is 1. The number of rotatable bonds is 5. The normalized spacial score (nSPS) is 14.4. The van der Waals surface area contributed by atoms with Gasteiger partial charge in [-0.25, -0.2) is 0 Å². The van der Waals surface area contributed by atoms with E-state index in [1.165, 1.54) is 0 Å². The number of terminal acetylenes is 1. The van der Waals surface area contributed by atoms with Gasteiger partial charge in [-0.2, -0.15) is 0 Å². The van der Waals surface area contributed by atoms with Crippen LogP contribution in [0, 0.1) is 12.3 Å². The second kappa shape index (κ2) is 7.66. The van der Waals surface area contributed by atoms with Crippen LogP contribution in [-0.4, -0.2) is 29.2 Å². The van der Waals surface area contributed by atoms with Crippen molar-refractivity contribution in [2.24, 2.45) is 0 Å². The summed E-state index contributed by atoms with van der Waals surface area (Å²) in [6.45, 7) is 4.33. The summed E-state index contributed by atoms with van der Waals surface area (Å²) in [6.07, 6.45) is 5.92. The minimum atomic E-state index is -0.247. The highest BCUT2D eigenvalue weighted by Gasteiger charge is 2.43. The quantitative estimate of drug-likeness (QED) is 0.414. The molecule has 0 aliphatic heterocycles. The van der Waals surface area contributed by atoms with Crippen molar-refractivity contribution >= 4 is 39.2 Å². The predicted octanol–water partition coefficient (Wildman–Crippen LogP) is 5.36. The number of allylic oxidation sites excluding steroid dienone is 3. The lowest BCUT2D eigenvalue weighted by atomic mass is 9.95. The first-order chi connectivity index (χ1) is 15.5. The Morgan fingerprint density at radius 1 is 0.906 bits per heavy atom. The van der Waals surface area contributed by atoms with Gasteiger partial charge in [0.15, 0.2) is 5.78 Å². The molecule has 0 saturated heterocycles. The topological polar surface area (TPSA) is 37.4 Å². The number of amides is 1. The van der Waals surface area contributed by atoms with Crippen LogP contribution in [0.1, 0.15) is 37.0 Å². The van der Waals surface area contributed by atoms with Crippen molar-refractivity contribution < 1.29 is 9.59 Å². The van der Waals surface area contributed by atoms with Crippen LogP contribution in [-0.2, 0) is 9.59 Å². The second-order valence-corrected chi connectivity index (χ2v) is 8.45. The van der Waals surface area contributed by atoms with E-state index < -0.39 is 0 Å². The smallest absolute Gasteiger partial charge is 0.258 e. The van der Waals surface area contributed by atoms with E-state index >= 15 is 0 Å². The molecule has 0 unspecified atom stereocenters. The summed E-state index contributed by atoms with van der Waals surface area (Å²) < 4.78 is 0. The van der Waals surface area contributed by atoms with E-state index in [0.29, 0.717) is 18.5 Å². The summed E-state index contributed by atoms with van der Waals surface area (Å²) >= 11 is 0. The highest BCUT2D eigenvalue weighted by molar-refractivity contribution is 6.56. The number of hydrogen-bond acceptors (Lipinski definition) is 2. The molecule has 3 aromatic carbocycles. The summed E-state index contributed by atoms with van der Waals surface area (Å²) in [5, 5.41) is 2.21. The molecule has 0 saturated carbocycles. The van der Waals surface area contributed by atoms with Gasteiger partial charge in [0.25, 0.3) is 5.91 Å². The predicted molar refractivity (Wildman–Crippen MR) is 129 cm³/mol. The Kier molecular flexibility index (Phi) is 4.79. The van der Waals surface area contributed by atoms with Gasteiger partial charge in [0, 0.05) is 35.7 Å². The van der Waals surface area contributed by atoms with Crippen LogP contribution in [0.25, 0.3) is 27.5 Å². The van der Waals surface area contributed by atoms with Crippen LogP contribution in [0.2, 0.25) is 0 Å². The zero-order chi connectivity index (χ0) is 22.4. The molecule has 32 heavy (non-hydrogen) atoms. The van der Waals surface area contributed by atoms with E-state index in [1.807, 2.05) is 62.4 Å². The SMILES string of the molecule is C#CCCN(C(=O)C1=C2C(=C(c3ccccc3)C1=O)c1cccc3cccc2c13)C(C)C. The molecule has 0 fully saturated rings. The monoisotopic (exact) mass is 417 g/mol. The molecule has 0 heterocycles. The molecule has 3 nitrogen and oxygen atoms in total. The van der Waals surface area contributed by atoms with Gasteiger partial charge in [-0.3, -0.25) is 9.59 Å². The molecule has 1 amide bonds. The first kappa shape index (κ1) is 20.0. The van der Waals surface area contributed by atoms with E-state index in [1.54, 1.807) is 4.90 Å². The van der Waals surface area contributed by atoms with Gasteiger partial charge < -0.3 is 4.90 Å². The molecule has 156 valence electrons. The number of Topliss-reactive ketones (excluding diaryl/α,β-unsaturated/α-hetero) is 1. The lowest BCUT2D eigenvalue weighted by molar-refractivity contribution is -0.130. The fourth-order valence-electron chi connectivity index (χ4n) is 4.91. The molecular weight excluding hydrogens is 394 g/mol. The maximum absolute atomic E-state index is 13.9. The average Bonchev–Trinajstić information content (AvgIpc) is 3.27. The van der Waals surface area contributed by atoms with Gasteiger partial charge in [-0.15, -0.1) is 12.3 Å². The van der Waals surface area contributed by atoms with E-state index in [-0.39, 0.29) is 23.3 Å². The number of fused-ring (bicyclic) bond motifs is 3. The molecule has 0 bridgehead atoms. The maximum atomic E-state index is 13.9. The molecule has 0 spiro atoms. The van der Waals surface area contributed by atoms with Gasteiger partial charge in [0.1, 0.15) is 0 Å². The lowest BCUT2D eigenvalue weighted by Crippen LogP contribution is -2.40. The summed E-state index contributed by atoms with van der Waals surface area (Å²) in [4.78, 5) is 29.4. The van der Waals surface area contributed by atoms with Crippen molar-refractivity contribution in [3.8, 4) is 12.3 Å². The van der Waals surface area contributed by atoms with Gasteiger partial charge in [0.2, 0.25) is 0 Å². The third-order valence-electron chi connectivity index (χ3n) is 6.31. The number of benzene rings is 3. The maximum Gasteiger partial charge on any atom is 0.258 e. The molecule has 0 N–H and O–H groups in total. The third-order valence-corrected chi connectivity index (χ3v) is 6.31. The molecule has 3 heteroatoms. The lowest BCUT2D eigenvalue weighted by Gasteiger charge is -2.27. The summed E-state index contributed by atoms with van der Waals surface area (Å²) in [7, 11) is 0. The molecule has 0 aromatic heterocycles. The van der Waals surface area contributed by atoms with E-state index in [4.69, 9.17) is 6.42 Å². The summed E-state index contributed by atoms with van der Waals surface area (Å²) in [5.41, 5.74) is 5.30. The summed E-state index contributed by atoms with van der Waals surface area (Å²) in [5.74, 6) is 2.16. The molecule has 3 aromatic rings. The van der Waals surface area contributed by atoms with Crippen LogP contribution in [0.15, 0.2) is 72.3 Å². The van der Waals surface area contributed by atoms with Crippen molar-refractivity contribution in [3.05, 3.63) is 89.0 Å². The minimum absolute atomic E-state index is 0.0689. The molecule has 5 rings (SSSR count). The average molecular weight is 418 g/mol. The first-order valence-electron chi connectivity index (χ1n) is 10.9. The number of hydrogen-bond donors (Lipinski definition) is 0. The number of carbonyl (C=O) groups excluding carboxylic acids is 2. The Morgan fingerprint density at radius 2 is 1.56 bits per heavy atom. The van der Waals surface area contributed by atoms with Crippen LogP contribution in [0.5, 0.6) is 0 Å². The van der Waals surface area contributed by atoms with Crippen LogP contribution in [0.4, 0.5) is 0 Å². The van der Waals surface area contributed by atoms with Crippen LogP contribution < -0.4 is 0 Å². The largest absolute Gasteiger partial charge is 0.335 e. The highest BCUT2D eigenvalue weighted by Crippen LogP contribution is 2.54.